The van der Waals surface area contributed by atoms with Crippen molar-refractivity contribution in [2.24, 2.45) is 5.73 Å². The smallest absolute Gasteiger partial charge is 0.141 e. The summed E-state index contributed by atoms with van der Waals surface area (Å²) in [5.74, 6) is -0.450. The first kappa shape index (κ1) is 14.5. The highest BCUT2D eigenvalue weighted by atomic mass is 79.9. The summed E-state index contributed by atoms with van der Waals surface area (Å²) in [6, 6.07) is 4.27. The zero-order valence-electron chi connectivity index (χ0n) is 10.6. The number of aromatic nitrogens is 2. The molecule has 6 heteroatoms. The Bertz CT molecular complexity index is 598. The molecule has 102 valence electrons. The average Bonchev–Trinajstić information content (AvgIpc) is 2.74. The summed E-state index contributed by atoms with van der Waals surface area (Å²) in [6.45, 7) is 4.04. The maximum absolute atomic E-state index is 13.2. The normalized spacial score (nSPS) is 13.0. The van der Waals surface area contributed by atoms with Crippen LogP contribution in [0, 0.1) is 5.82 Å². The van der Waals surface area contributed by atoms with Crippen LogP contribution in [0.5, 0.6) is 0 Å². The van der Waals surface area contributed by atoms with Crippen molar-refractivity contribution in [1.82, 2.24) is 9.78 Å². The van der Waals surface area contributed by atoms with Gasteiger partial charge in [0.2, 0.25) is 0 Å². The molecule has 0 fully saturated rings. The van der Waals surface area contributed by atoms with E-state index in [0.29, 0.717) is 0 Å². The highest BCUT2D eigenvalue weighted by Gasteiger charge is 2.20. The maximum atomic E-state index is 13.2. The van der Waals surface area contributed by atoms with Gasteiger partial charge in [0.1, 0.15) is 5.82 Å². The number of rotatable bonds is 3. The Morgan fingerprint density at radius 1 is 1.42 bits per heavy atom. The van der Waals surface area contributed by atoms with Gasteiger partial charge in [-0.05, 0) is 47.5 Å². The van der Waals surface area contributed by atoms with Crippen molar-refractivity contribution in [1.29, 1.82) is 0 Å². The molecular formula is C13H14BrClFN3. The van der Waals surface area contributed by atoms with E-state index in [2.05, 4.69) is 21.0 Å². The first-order chi connectivity index (χ1) is 8.91. The van der Waals surface area contributed by atoms with Crippen molar-refractivity contribution in [2.45, 2.75) is 25.9 Å². The average molecular weight is 347 g/mol. The van der Waals surface area contributed by atoms with E-state index in [0.717, 1.165) is 15.7 Å². The summed E-state index contributed by atoms with van der Waals surface area (Å²) < 4.78 is 15.9. The van der Waals surface area contributed by atoms with Crippen molar-refractivity contribution in [2.75, 3.05) is 0 Å². The highest BCUT2D eigenvalue weighted by Crippen LogP contribution is 2.30. The second kappa shape index (κ2) is 5.61. The van der Waals surface area contributed by atoms with Crippen LogP contribution in [0.25, 0.3) is 0 Å². The van der Waals surface area contributed by atoms with Gasteiger partial charge in [0, 0.05) is 6.04 Å². The van der Waals surface area contributed by atoms with Crippen LogP contribution in [0.1, 0.15) is 37.2 Å². The van der Waals surface area contributed by atoms with E-state index >= 15 is 0 Å². The molecule has 1 aromatic carbocycles. The number of hydrogen-bond donors (Lipinski definition) is 1. The molecule has 0 aliphatic heterocycles. The van der Waals surface area contributed by atoms with Crippen LogP contribution in [0.15, 0.2) is 28.9 Å². The highest BCUT2D eigenvalue weighted by molar-refractivity contribution is 9.10. The lowest BCUT2D eigenvalue weighted by Gasteiger charge is -2.18. The Hall–Kier alpha value is -0.910. The van der Waals surface area contributed by atoms with Gasteiger partial charge in [-0.15, -0.1) is 0 Å². The summed E-state index contributed by atoms with van der Waals surface area (Å²) in [4.78, 5) is 0. The summed E-state index contributed by atoms with van der Waals surface area (Å²) >= 11 is 9.24. The number of hydrogen-bond acceptors (Lipinski definition) is 2. The van der Waals surface area contributed by atoms with Crippen LogP contribution in [-0.4, -0.2) is 9.78 Å². The minimum absolute atomic E-state index is 0.0692. The van der Waals surface area contributed by atoms with Crippen molar-refractivity contribution in [3.8, 4) is 0 Å². The monoisotopic (exact) mass is 345 g/mol. The summed E-state index contributed by atoms with van der Waals surface area (Å²) in [5.41, 5.74) is 7.84. The van der Waals surface area contributed by atoms with Crippen LogP contribution in [-0.2, 0) is 0 Å². The van der Waals surface area contributed by atoms with E-state index in [1.165, 1.54) is 6.07 Å². The fraction of sp³-hybridized carbons (Fsp3) is 0.308. The Morgan fingerprint density at radius 2 is 2.11 bits per heavy atom. The van der Waals surface area contributed by atoms with Crippen LogP contribution in [0.4, 0.5) is 4.39 Å². The van der Waals surface area contributed by atoms with Gasteiger partial charge in [0.05, 0.1) is 27.4 Å². The van der Waals surface area contributed by atoms with Crippen LogP contribution >= 0.6 is 27.5 Å². The maximum Gasteiger partial charge on any atom is 0.141 e. The molecule has 0 spiro atoms. The van der Waals surface area contributed by atoms with Gasteiger partial charge in [0.25, 0.3) is 0 Å². The van der Waals surface area contributed by atoms with Gasteiger partial charge in [-0.25, -0.2) is 4.39 Å². The molecule has 0 saturated carbocycles. The molecule has 1 unspecified atom stereocenters. The Balaban J connectivity index is 2.46. The molecule has 2 aromatic rings. The number of benzene rings is 1. The lowest BCUT2D eigenvalue weighted by Crippen LogP contribution is -2.19. The zero-order chi connectivity index (χ0) is 14.2. The van der Waals surface area contributed by atoms with Crippen molar-refractivity contribution in [3.05, 3.63) is 51.0 Å². The van der Waals surface area contributed by atoms with Gasteiger partial charge in [0.15, 0.2) is 0 Å². The van der Waals surface area contributed by atoms with Crippen LogP contribution < -0.4 is 5.73 Å². The SMILES string of the molecule is CC(C)n1ncc(Br)c1C(N)c1ccc(F)c(Cl)c1. The van der Waals surface area contributed by atoms with Gasteiger partial charge in [-0.2, -0.15) is 5.10 Å². The molecule has 2 rings (SSSR count). The van der Waals surface area contributed by atoms with Crippen molar-refractivity contribution < 1.29 is 4.39 Å². The first-order valence-electron chi connectivity index (χ1n) is 5.85. The van der Waals surface area contributed by atoms with Gasteiger partial charge < -0.3 is 5.73 Å². The molecule has 19 heavy (non-hydrogen) atoms. The summed E-state index contributed by atoms with van der Waals surface area (Å²) in [6.07, 6.45) is 1.71. The molecule has 0 radical (unpaired) electrons. The minimum atomic E-state index is -0.450. The molecule has 0 amide bonds. The Labute approximate surface area is 124 Å². The fourth-order valence-electron chi connectivity index (χ4n) is 1.92. The lowest BCUT2D eigenvalue weighted by molar-refractivity contribution is 0.498. The zero-order valence-corrected chi connectivity index (χ0v) is 12.9. The molecule has 0 bridgehead atoms. The van der Waals surface area contributed by atoms with Gasteiger partial charge >= 0.3 is 0 Å². The quantitative estimate of drug-likeness (QED) is 0.910. The molecule has 0 saturated heterocycles. The van der Waals surface area contributed by atoms with Crippen LogP contribution in [0.3, 0.4) is 0 Å². The summed E-state index contributed by atoms with van der Waals surface area (Å²) in [5, 5.41) is 4.35. The predicted molar refractivity (Wildman–Crippen MR) is 77.8 cm³/mol. The molecule has 1 atom stereocenters. The van der Waals surface area contributed by atoms with E-state index in [9.17, 15) is 4.39 Å². The van der Waals surface area contributed by atoms with Crippen LogP contribution in [0.2, 0.25) is 5.02 Å². The van der Waals surface area contributed by atoms with Gasteiger partial charge in [-0.3, -0.25) is 4.68 Å². The second-order valence-electron chi connectivity index (χ2n) is 4.57. The molecule has 0 aliphatic rings. The van der Waals surface area contributed by atoms with E-state index < -0.39 is 11.9 Å². The van der Waals surface area contributed by atoms with E-state index in [-0.39, 0.29) is 11.1 Å². The van der Waals surface area contributed by atoms with E-state index in [1.807, 2.05) is 18.5 Å². The lowest BCUT2D eigenvalue weighted by atomic mass is 10.0. The summed E-state index contributed by atoms with van der Waals surface area (Å²) in [7, 11) is 0. The van der Waals surface area contributed by atoms with Crippen molar-refractivity contribution in [3.63, 3.8) is 0 Å². The molecule has 1 heterocycles. The number of nitrogens with two attached hydrogens (primary N) is 1. The second-order valence-corrected chi connectivity index (χ2v) is 5.83. The van der Waals surface area contributed by atoms with E-state index in [1.54, 1.807) is 18.3 Å². The minimum Gasteiger partial charge on any atom is -0.319 e. The molecule has 3 nitrogen and oxygen atoms in total. The Kier molecular flexibility index (Phi) is 4.28. The topological polar surface area (TPSA) is 43.8 Å². The van der Waals surface area contributed by atoms with Crippen molar-refractivity contribution >= 4 is 27.5 Å². The first-order valence-corrected chi connectivity index (χ1v) is 7.02. The largest absolute Gasteiger partial charge is 0.319 e. The third-order valence-electron chi connectivity index (χ3n) is 2.87. The standard InChI is InChI=1S/C13H14BrClFN3/c1-7(2)19-13(9(14)6-18-19)12(17)8-3-4-11(16)10(15)5-8/h3-7,12H,17H2,1-2H3. The third kappa shape index (κ3) is 2.83. The molecule has 2 N–H and O–H groups in total. The third-order valence-corrected chi connectivity index (χ3v) is 3.77. The molecular weight excluding hydrogens is 333 g/mol. The molecule has 1 aromatic heterocycles. The fourth-order valence-corrected chi connectivity index (χ4v) is 2.63. The predicted octanol–water partition coefficient (Wildman–Crippen LogP) is 4.07. The van der Waals surface area contributed by atoms with E-state index in [4.69, 9.17) is 17.3 Å². The van der Waals surface area contributed by atoms with Gasteiger partial charge in [-0.1, -0.05) is 17.7 Å². The number of halogens is 3. The number of nitrogens with zero attached hydrogens (tertiary/aromatic N) is 2. The molecule has 0 aliphatic carbocycles. The Morgan fingerprint density at radius 3 is 2.68 bits per heavy atom.